The molecule has 1 aliphatic heterocycles. The number of hydrogen-bond acceptors (Lipinski definition) is 3. The van der Waals surface area contributed by atoms with Gasteiger partial charge in [-0.05, 0) is 24.7 Å². The van der Waals surface area contributed by atoms with Crippen LogP contribution in [0.2, 0.25) is 0 Å². The second kappa shape index (κ2) is 6.27. The SMILES string of the molecule is CCC1CCCC(C(O)C2CSCCO2)C1. The van der Waals surface area contributed by atoms with Gasteiger partial charge in [0.25, 0.3) is 0 Å². The Kier molecular flexibility index (Phi) is 4.98. The monoisotopic (exact) mass is 244 g/mol. The molecule has 1 N–H and O–H groups in total. The Morgan fingerprint density at radius 1 is 1.44 bits per heavy atom. The molecule has 1 heterocycles. The predicted molar refractivity (Wildman–Crippen MR) is 68.8 cm³/mol. The minimum Gasteiger partial charge on any atom is -0.390 e. The van der Waals surface area contributed by atoms with Gasteiger partial charge in [-0.15, -0.1) is 0 Å². The van der Waals surface area contributed by atoms with Crippen molar-refractivity contribution in [3.8, 4) is 0 Å². The van der Waals surface area contributed by atoms with Crippen LogP contribution in [-0.4, -0.2) is 35.4 Å². The van der Waals surface area contributed by atoms with Gasteiger partial charge in [0.15, 0.2) is 0 Å². The smallest absolute Gasteiger partial charge is 0.0927 e. The van der Waals surface area contributed by atoms with E-state index in [1.54, 1.807) is 0 Å². The fraction of sp³-hybridized carbons (Fsp3) is 1.00. The molecule has 0 amide bonds. The summed E-state index contributed by atoms with van der Waals surface area (Å²) in [6.45, 7) is 3.09. The summed E-state index contributed by atoms with van der Waals surface area (Å²) in [4.78, 5) is 0. The van der Waals surface area contributed by atoms with Crippen molar-refractivity contribution in [1.29, 1.82) is 0 Å². The first-order valence-corrected chi connectivity index (χ1v) is 7.84. The molecule has 2 aliphatic rings. The van der Waals surface area contributed by atoms with E-state index < -0.39 is 0 Å². The average molecular weight is 244 g/mol. The maximum Gasteiger partial charge on any atom is 0.0927 e. The van der Waals surface area contributed by atoms with Gasteiger partial charge in [-0.2, -0.15) is 11.8 Å². The molecule has 0 spiro atoms. The highest BCUT2D eigenvalue weighted by atomic mass is 32.2. The predicted octanol–water partition coefficient (Wildman–Crippen LogP) is 2.70. The maximum atomic E-state index is 10.4. The topological polar surface area (TPSA) is 29.5 Å². The van der Waals surface area contributed by atoms with Crippen molar-refractivity contribution in [3.05, 3.63) is 0 Å². The third kappa shape index (κ3) is 3.14. The highest BCUT2D eigenvalue weighted by molar-refractivity contribution is 7.99. The highest BCUT2D eigenvalue weighted by Gasteiger charge is 2.33. The van der Waals surface area contributed by atoms with E-state index in [9.17, 15) is 5.11 Å². The van der Waals surface area contributed by atoms with Gasteiger partial charge in [-0.1, -0.05) is 26.2 Å². The Balaban J connectivity index is 1.84. The molecule has 4 unspecified atom stereocenters. The van der Waals surface area contributed by atoms with Crippen molar-refractivity contribution in [1.82, 2.24) is 0 Å². The summed E-state index contributed by atoms with van der Waals surface area (Å²) < 4.78 is 5.69. The zero-order valence-electron chi connectivity index (χ0n) is 10.2. The summed E-state index contributed by atoms with van der Waals surface area (Å²) in [5.74, 6) is 3.40. The number of aliphatic hydroxyl groups excluding tert-OH is 1. The first-order chi connectivity index (χ1) is 7.81. The van der Waals surface area contributed by atoms with Crippen molar-refractivity contribution in [2.75, 3.05) is 18.1 Å². The normalized spacial score (nSPS) is 38.2. The minimum atomic E-state index is -0.220. The molecule has 0 aromatic rings. The summed E-state index contributed by atoms with van der Waals surface area (Å²) in [5.41, 5.74) is 0. The van der Waals surface area contributed by atoms with E-state index in [0.717, 1.165) is 24.0 Å². The number of hydrogen-bond donors (Lipinski definition) is 1. The Hall–Kier alpha value is 0.270. The molecular weight excluding hydrogens is 220 g/mol. The molecule has 0 bridgehead atoms. The van der Waals surface area contributed by atoms with Crippen LogP contribution in [0.3, 0.4) is 0 Å². The Bertz CT molecular complexity index is 204. The molecule has 3 heteroatoms. The lowest BCUT2D eigenvalue weighted by Gasteiger charge is -2.36. The highest BCUT2D eigenvalue weighted by Crippen LogP contribution is 2.35. The lowest BCUT2D eigenvalue weighted by molar-refractivity contribution is -0.0595. The fourth-order valence-electron chi connectivity index (χ4n) is 3.02. The standard InChI is InChI=1S/C13H24O2S/c1-2-10-4-3-5-11(8-10)13(14)12-9-16-7-6-15-12/h10-14H,2-9H2,1H3. The van der Waals surface area contributed by atoms with E-state index in [4.69, 9.17) is 4.74 Å². The van der Waals surface area contributed by atoms with Gasteiger partial charge < -0.3 is 9.84 Å². The molecule has 0 radical (unpaired) electrons. The van der Waals surface area contributed by atoms with Gasteiger partial charge in [0, 0.05) is 11.5 Å². The van der Waals surface area contributed by atoms with Gasteiger partial charge >= 0.3 is 0 Å². The maximum absolute atomic E-state index is 10.4. The van der Waals surface area contributed by atoms with E-state index >= 15 is 0 Å². The number of rotatable bonds is 3. The van der Waals surface area contributed by atoms with Crippen LogP contribution in [0.4, 0.5) is 0 Å². The zero-order chi connectivity index (χ0) is 11.4. The van der Waals surface area contributed by atoms with Crippen LogP contribution >= 0.6 is 11.8 Å². The van der Waals surface area contributed by atoms with Crippen LogP contribution in [0.25, 0.3) is 0 Å². The van der Waals surface area contributed by atoms with Crippen LogP contribution in [0, 0.1) is 11.8 Å². The van der Waals surface area contributed by atoms with Crippen LogP contribution in [0.1, 0.15) is 39.0 Å². The molecule has 1 saturated carbocycles. The van der Waals surface area contributed by atoms with Crippen molar-refractivity contribution in [3.63, 3.8) is 0 Å². The molecule has 2 fully saturated rings. The van der Waals surface area contributed by atoms with Crippen molar-refractivity contribution >= 4 is 11.8 Å². The summed E-state index contributed by atoms with van der Waals surface area (Å²) in [6.07, 6.45) is 6.20. The zero-order valence-corrected chi connectivity index (χ0v) is 11.0. The molecule has 4 atom stereocenters. The Morgan fingerprint density at radius 2 is 2.31 bits per heavy atom. The average Bonchev–Trinajstić information content (AvgIpc) is 2.39. The van der Waals surface area contributed by atoms with Crippen molar-refractivity contribution in [2.45, 2.75) is 51.2 Å². The molecule has 16 heavy (non-hydrogen) atoms. The lowest BCUT2D eigenvalue weighted by atomic mass is 9.76. The molecular formula is C13H24O2S. The largest absolute Gasteiger partial charge is 0.390 e. The molecule has 1 saturated heterocycles. The van der Waals surface area contributed by atoms with E-state index in [0.29, 0.717) is 5.92 Å². The van der Waals surface area contributed by atoms with Crippen LogP contribution in [0.5, 0.6) is 0 Å². The van der Waals surface area contributed by atoms with Gasteiger partial charge in [-0.25, -0.2) is 0 Å². The summed E-state index contributed by atoms with van der Waals surface area (Å²) >= 11 is 1.92. The Morgan fingerprint density at radius 3 is 3.00 bits per heavy atom. The molecule has 2 rings (SSSR count). The fourth-order valence-corrected chi connectivity index (χ4v) is 3.93. The van der Waals surface area contributed by atoms with Gasteiger partial charge in [0.2, 0.25) is 0 Å². The molecule has 0 aromatic carbocycles. The van der Waals surface area contributed by atoms with Crippen LogP contribution in [-0.2, 0) is 4.74 Å². The van der Waals surface area contributed by atoms with Crippen molar-refractivity contribution < 1.29 is 9.84 Å². The Labute approximate surface area is 103 Å². The summed E-state index contributed by atoms with van der Waals surface area (Å²) in [7, 11) is 0. The van der Waals surface area contributed by atoms with Gasteiger partial charge in [0.05, 0.1) is 18.8 Å². The van der Waals surface area contributed by atoms with Crippen molar-refractivity contribution in [2.24, 2.45) is 11.8 Å². The third-order valence-electron chi connectivity index (χ3n) is 4.11. The summed E-state index contributed by atoms with van der Waals surface area (Å²) in [6, 6.07) is 0. The third-order valence-corrected chi connectivity index (χ3v) is 5.13. The molecule has 2 nitrogen and oxygen atoms in total. The summed E-state index contributed by atoms with van der Waals surface area (Å²) in [5, 5.41) is 10.4. The lowest BCUT2D eigenvalue weighted by Crippen LogP contribution is -2.41. The number of thioether (sulfide) groups is 1. The van der Waals surface area contributed by atoms with E-state index in [-0.39, 0.29) is 12.2 Å². The number of aliphatic hydroxyl groups is 1. The molecule has 94 valence electrons. The second-order valence-electron chi connectivity index (χ2n) is 5.18. The quantitative estimate of drug-likeness (QED) is 0.827. The van der Waals surface area contributed by atoms with Crippen LogP contribution in [0.15, 0.2) is 0 Å². The van der Waals surface area contributed by atoms with Gasteiger partial charge in [-0.3, -0.25) is 0 Å². The van der Waals surface area contributed by atoms with E-state index in [1.165, 1.54) is 32.1 Å². The molecule has 1 aliphatic carbocycles. The minimum absolute atomic E-state index is 0.0966. The first-order valence-electron chi connectivity index (χ1n) is 6.68. The van der Waals surface area contributed by atoms with E-state index in [1.807, 2.05) is 11.8 Å². The second-order valence-corrected chi connectivity index (χ2v) is 6.33. The van der Waals surface area contributed by atoms with E-state index in [2.05, 4.69) is 6.92 Å². The van der Waals surface area contributed by atoms with Gasteiger partial charge in [0.1, 0.15) is 0 Å². The number of ether oxygens (including phenoxy) is 1. The van der Waals surface area contributed by atoms with Crippen LogP contribution < -0.4 is 0 Å². The molecule has 0 aromatic heterocycles. The first kappa shape index (κ1) is 12.7.